The van der Waals surface area contributed by atoms with E-state index in [1.54, 1.807) is 13.0 Å². The monoisotopic (exact) mass is 324 g/mol. The molecule has 6 heteroatoms. The summed E-state index contributed by atoms with van der Waals surface area (Å²) in [6.07, 6.45) is 0. The van der Waals surface area contributed by atoms with Gasteiger partial charge in [-0.15, -0.1) is 0 Å². The van der Waals surface area contributed by atoms with Gasteiger partial charge < -0.3 is 9.72 Å². The zero-order valence-corrected chi connectivity index (χ0v) is 13.3. The minimum atomic E-state index is -0.445. The molecule has 0 saturated carbocycles. The van der Waals surface area contributed by atoms with Gasteiger partial charge >= 0.3 is 0 Å². The molecule has 122 valence electrons. The second-order valence-corrected chi connectivity index (χ2v) is 5.59. The third-order valence-electron chi connectivity index (χ3n) is 3.91. The molecule has 0 radical (unpaired) electrons. The van der Waals surface area contributed by atoms with Crippen molar-refractivity contribution in [3.63, 3.8) is 0 Å². The van der Waals surface area contributed by atoms with Crippen molar-refractivity contribution in [2.45, 2.75) is 13.8 Å². The molecule has 6 nitrogen and oxygen atoms in total. The Bertz CT molecular complexity index is 943. The lowest BCUT2D eigenvalue weighted by molar-refractivity contribution is -0.385. The fourth-order valence-electron chi connectivity index (χ4n) is 2.78. The molecule has 24 heavy (non-hydrogen) atoms. The van der Waals surface area contributed by atoms with Gasteiger partial charge in [-0.3, -0.25) is 14.9 Å². The number of Topliss-reactive ketones (excluding diaryl/α,β-unsaturated/α-hetero) is 1. The molecule has 0 amide bonds. The number of ether oxygens (including phenoxy) is 1. The van der Waals surface area contributed by atoms with Crippen LogP contribution in [0.15, 0.2) is 42.5 Å². The highest BCUT2D eigenvalue weighted by atomic mass is 16.6. The number of carbonyl (C=O) groups excluding carboxylic acids is 1. The molecular weight excluding hydrogens is 308 g/mol. The molecule has 0 aliphatic carbocycles. The number of carbonyl (C=O) groups is 1. The van der Waals surface area contributed by atoms with E-state index in [1.807, 2.05) is 31.2 Å². The van der Waals surface area contributed by atoms with Crippen LogP contribution in [-0.2, 0) is 0 Å². The summed E-state index contributed by atoms with van der Waals surface area (Å²) >= 11 is 0. The number of H-pyrrole nitrogens is 1. The van der Waals surface area contributed by atoms with Crippen LogP contribution in [0.3, 0.4) is 0 Å². The molecule has 1 heterocycles. The van der Waals surface area contributed by atoms with Gasteiger partial charge in [0.1, 0.15) is 5.75 Å². The lowest BCUT2D eigenvalue weighted by Crippen LogP contribution is -2.12. The molecule has 0 spiro atoms. The summed E-state index contributed by atoms with van der Waals surface area (Å²) in [5.74, 6) is 0.296. The topological polar surface area (TPSA) is 85.2 Å². The van der Waals surface area contributed by atoms with E-state index in [4.69, 9.17) is 4.74 Å². The zero-order valence-electron chi connectivity index (χ0n) is 13.3. The van der Waals surface area contributed by atoms with Gasteiger partial charge in [-0.1, -0.05) is 18.2 Å². The van der Waals surface area contributed by atoms with Crippen LogP contribution in [0.1, 0.15) is 21.6 Å². The van der Waals surface area contributed by atoms with Crippen LogP contribution >= 0.6 is 0 Å². The van der Waals surface area contributed by atoms with Crippen molar-refractivity contribution < 1.29 is 14.5 Å². The number of para-hydroxylation sites is 1. The second kappa shape index (κ2) is 6.16. The number of nitro groups is 1. The quantitative estimate of drug-likeness (QED) is 0.437. The number of nitrogens with zero attached hydrogens (tertiary/aromatic N) is 1. The first-order valence-corrected chi connectivity index (χ1v) is 7.45. The average Bonchev–Trinajstić information content (AvgIpc) is 2.88. The number of aromatic amines is 1. The van der Waals surface area contributed by atoms with Crippen molar-refractivity contribution in [3.05, 3.63) is 69.4 Å². The van der Waals surface area contributed by atoms with Crippen LogP contribution in [0.2, 0.25) is 0 Å². The van der Waals surface area contributed by atoms with E-state index < -0.39 is 4.92 Å². The Hall–Kier alpha value is -3.15. The normalized spacial score (nSPS) is 10.8. The molecule has 0 unspecified atom stereocenters. The first kappa shape index (κ1) is 15.7. The Labute approximate surface area is 138 Å². The number of ketones is 1. The number of aryl methyl sites for hydroxylation is 2. The lowest BCUT2D eigenvalue weighted by atomic mass is 10.1. The number of nitro benzene ring substituents is 1. The van der Waals surface area contributed by atoms with E-state index >= 15 is 0 Å². The molecule has 0 atom stereocenters. The summed E-state index contributed by atoms with van der Waals surface area (Å²) in [7, 11) is 0. The minimum Gasteiger partial charge on any atom is -0.485 e. The van der Waals surface area contributed by atoms with Crippen LogP contribution < -0.4 is 4.74 Å². The molecule has 0 aliphatic heterocycles. The van der Waals surface area contributed by atoms with Gasteiger partial charge in [0.2, 0.25) is 5.78 Å². The van der Waals surface area contributed by atoms with E-state index in [1.165, 1.54) is 12.1 Å². The third kappa shape index (κ3) is 2.86. The predicted molar refractivity (Wildman–Crippen MR) is 90.7 cm³/mol. The SMILES string of the molecule is Cc1cc(OCC(=O)c2c(C)[nH]c3ccccc23)ccc1[N+](=O)[O-]. The molecule has 0 aliphatic rings. The maximum absolute atomic E-state index is 12.5. The maximum atomic E-state index is 12.5. The Morgan fingerprint density at radius 2 is 1.96 bits per heavy atom. The van der Waals surface area contributed by atoms with Crippen LogP contribution in [-0.4, -0.2) is 22.3 Å². The fourth-order valence-corrected chi connectivity index (χ4v) is 2.78. The third-order valence-corrected chi connectivity index (χ3v) is 3.91. The number of rotatable bonds is 5. The number of hydrogen-bond acceptors (Lipinski definition) is 4. The Morgan fingerprint density at radius 3 is 2.67 bits per heavy atom. The summed E-state index contributed by atoms with van der Waals surface area (Å²) in [6, 6.07) is 12.0. The van der Waals surface area contributed by atoms with Gasteiger partial charge in [0, 0.05) is 33.8 Å². The minimum absolute atomic E-state index is 0.0288. The lowest BCUT2D eigenvalue weighted by Gasteiger charge is -2.07. The summed E-state index contributed by atoms with van der Waals surface area (Å²) in [6.45, 7) is 3.36. The number of aromatic nitrogens is 1. The second-order valence-electron chi connectivity index (χ2n) is 5.59. The smallest absolute Gasteiger partial charge is 0.272 e. The van der Waals surface area contributed by atoms with Crippen molar-refractivity contribution in [1.29, 1.82) is 0 Å². The highest BCUT2D eigenvalue weighted by molar-refractivity contribution is 6.09. The Morgan fingerprint density at radius 1 is 1.21 bits per heavy atom. The van der Waals surface area contributed by atoms with Crippen LogP contribution in [0.25, 0.3) is 10.9 Å². The Balaban J connectivity index is 1.79. The van der Waals surface area contributed by atoms with Crippen LogP contribution in [0, 0.1) is 24.0 Å². The van der Waals surface area contributed by atoms with E-state index in [2.05, 4.69) is 4.98 Å². The molecule has 1 aromatic heterocycles. The molecule has 3 aromatic rings. The molecular formula is C18H16N2O4. The van der Waals surface area contributed by atoms with Crippen molar-refractivity contribution in [3.8, 4) is 5.75 Å². The largest absolute Gasteiger partial charge is 0.485 e. The number of fused-ring (bicyclic) bond motifs is 1. The van der Waals surface area contributed by atoms with Gasteiger partial charge in [0.15, 0.2) is 6.61 Å². The van der Waals surface area contributed by atoms with Crippen LogP contribution in [0.4, 0.5) is 5.69 Å². The first-order valence-electron chi connectivity index (χ1n) is 7.45. The fraction of sp³-hybridized carbons (Fsp3) is 0.167. The number of nitrogens with one attached hydrogen (secondary N) is 1. The van der Waals surface area contributed by atoms with Crippen molar-refractivity contribution in [1.82, 2.24) is 4.98 Å². The molecule has 0 fully saturated rings. The highest BCUT2D eigenvalue weighted by Gasteiger charge is 2.17. The summed E-state index contributed by atoms with van der Waals surface area (Å²) in [5, 5.41) is 11.7. The molecule has 1 N–H and O–H groups in total. The van der Waals surface area contributed by atoms with Gasteiger partial charge in [-0.25, -0.2) is 0 Å². The van der Waals surface area contributed by atoms with E-state index in [0.717, 1.165) is 16.6 Å². The number of hydrogen-bond donors (Lipinski definition) is 1. The van der Waals surface area contributed by atoms with Gasteiger partial charge in [0.05, 0.1) is 4.92 Å². The van der Waals surface area contributed by atoms with Crippen molar-refractivity contribution in [2.24, 2.45) is 0 Å². The van der Waals surface area contributed by atoms with Crippen molar-refractivity contribution >= 4 is 22.4 Å². The van der Waals surface area contributed by atoms with Crippen LogP contribution in [0.5, 0.6) is 5.75 Å². The van der Waals surface area contributed by atoms with Crippen molar-refractivity contribution in [2.75, 3.05) is 6.61 Å². The standard InChI is InChI=1S/C18H16N2O4/c1-11-9-13(7-8-16(11)20(22)23)24-10-17(21)18-12(2)19-15-6-4-3-5-14(15)18/h3-9,19H,10H2,1-2H3. The average molecular weight is 324 g/mol. The predicted octanol–water partition coefficient (Wildman–Crippen LogP) is 3.95. The Kier molecular flexibility index (Phi) is 4.04. The summed E-state index contributed by atoms with van der Waals surface area (Å²) < 4.78 is 5.53. The zero-order chi connectivity index (χ0) is 17.3. The first-order chi connectivity index (χ1) is 11.5. The molecule has 0 bridgehead atoms. The molecule has 0 saturated heterocycles. The highest BCUT2D eigenvalue weighted by Crippen LogP contribution is 2.25. The van der Waals surface area contributed by atoms with Gasteiger partial charge in [-0.05, 0) is 32.0 Å². The summed E-state index contributed by atoms with van der Waals surface area (Å²) in [5.41, 5.74) is 2.84. The van der Waals surface area contributed by atoms with E-state index in [-0.39, 0.29) is 18.1 Å². The van der Waals surface area contributed by atoms with E-state index in [0.29, 0.717) is 16.9 Å². The maximum Gasteiger partial charge on any atom is 0.272 e. The van der Waals surface area contributed by atoms with Gasteiger partial charge in [0.25, 0.3) is 5.69 Å². The van der Waals surface area contributed by atoms with Gasteiger partial charge in [-0.2, -0.15) is 0 Å². The summed E-state index contributed by atoms with van der Waals surface area (Å²) in [4.78, 5) is 26.1. The van der Waals surface area contributed by atoms with E-state index in [9.17, 15) is 14.9 Å². The molecule has 3 rings (SSSR count). The molecule has 2 aromatic carbocycles. The number of benzene rings is 2.